The second-order valence-corrected chi connectivity index (χ2v) is 9.91. The van der Waals surface area contributed by atoms with Crippen LogP contribution in [0.4, 0.5) is 0 Å². The molecule has 2 aliphatic rings. The minimum absolute atomic E-state index is 0.117. The molecule has 2 aromatic rings. The van der Waals surface area contributed by atoms with Crippen molar-refractivity contribution in [2.24, 2.45) is 5.41 Å². The summed E-state index contributed by atoms with van der Waals surface area (Å²) in [6.07, 6.45) is 2.60. The van der Waals surface area contributed by atoms with Gasteiger partial charge in [0, 0.05) is 68.6 Å². The molecule has 2 fully saturated rings. The lowest BCUT2D eigenvalue weighted by Gasteiger charge is -2.43. The number of likely N-dealkylation sites (N-methyl/N-ethyl adjacent to an activating group) is 1. The number of likely N-dealkylation sites (tertiary alicyclic amines) is 1. The van der Waals surface area contributed by atoms with Gasteiger partial charge in [-0.05, 0) is 38.1 Å². The number of piperazine rings is 1. The first-order valence-electron chi connectivity index (χ1n) is 12.0. The van der Waals surface area contributed by atoms with Gasteiger partial charge in [-0.1, -0.05) is 29.7 Å². The highest BCUT2D eigenvalue weighted by Crippen LogP contribution is 2.36. The number of aryl methyl sites for hydroxylation is 1. The second kappa shape index (κ2) is 10.8. The Morgan fingerprint density at radius 3 is 2.65 bits per heavy atom. The van der Waals surface area contributed by atoms with Gasteiger partial charge in [0.1, 0.15) is 11.5 Å². The summed E-state index contributed by atoms with van der Waals surface area (Å²) >= 11 is 6.13. The molecular formula is C25H33ClN4O4. The van der Waals surface area contributed by atoms with Gasteiger partial charge >= 0.3 is 0 Å². The van der Waals surface area contributed by atoms with Crippen LogP contribution in [0.15, 0.2) is 34.9 Å². The van der Waals surface area contributed by atoms with Gasteiger partial charge in [0.05, 0.1) is 6.61 Å². The van der Waals surface area contributed by atoms with E-state index < -0.39 is 5.41 Å². The Morgan fingerprint density at radius 2 is 1.94 bits per heavy atom. The Labute approximate surface area is 205 Å². The second-order valence-electron chi connectivity index (χ2n) is 9.47. The van der Waals surface area contributed by atoms with Crippen molar-refractivity contribution < 1.29 is 18.8 Å². The van der Waals surface area contributed by atoms with Crippen LogP contribution in [-0.4, -0.2) is 84.6 Å². The minimum Gasteiger partial charge on any atom is -0.493 e. The fraction of sp³-hybridized carbons (Fsp3) is 0.560. The first-order chi connectivity index (χ1) is 16.4. The molecule has 8 nitrogen and oxygen atoms in total. The number of carbonyl (C=O) groups is 2. The molecule has 0 bridgehead atoms. The largest absolute Gasteiger partial charge is 0.493 e. The van der Waals surface area contributed by atoms with Crippen LogP contribution in [0.3, 0.4) is 0 Å². The van der Waals surface area contributed by atoms with Gasteiger partial charge in [-0.25, -0.2) is 0 Å². The number of amides is 2. The highest BCUT2D eigenvalue weighted by molar-refractivity contribution is 6.30. The molecule has 0 spiro atoms. The van der Waals surface area contributed by atoms with Gasteiger partial charge in [-0.15, -0.1) is 0 Å². The zero-order valence-electron chi connectivity index (χ0n) is 20.0. The first-order valence-corrected chi connectivity index (χ1v) is 12.3. The average molecular weight is 489 g/mol. The number of hydrogen-bond acceptors (Lipinski definition) is 6. The lowest BCUT2D eigenvalue weighted by Crippen LogP contribution is -2.53. The van der Waals surface area contributed by atoms with Crippen molar-refractivity contribution in [3.63, 3.8) is 0 Å². The first kappa shape index (κ1) is 24.5. The molecule has 1 aromatic heterocycles. The lowest BCUT2D eigenvalue weighted by molar-refractivity contribution is -0.137. The molecule has 0 unspecified atom stereocenters. The van der Waals surface area contributed by atoms with Crippen LogP contribution < -0.4 is 4.74 Å². The summed E-state index contributed by atoms with van der Waals surface area (Å²) in [6, 6.07) is 8.97. The Bertz CT molecular complexity index is 1000. The fourth-order valence-corrected chi connectivity index (χ4v) is 4.90. The quantitative estimate of drug-likeness (QED) is 0.594. The summed E-state index contributed by atoms with van der Waals surface area (Å²) in [6.45, 7) is 6.52. The van der Waals surface area contributed by atoms with Gasteiger partial charge in [0.15, 0.2) is 5.69 Å². The number of ether oxygens (including phenoxy) is 1. The van der Waals surface area contributed by atoms with Crippen molar-refractivity contribution in [2.45, 2.75) is 32.6 Å². The maximum atomic E-state index is 13.3. The van der Waals surface area contributed by atoms with Crippen molar-refractivity contribution in [3.05, 3.63) is 46.8 Å². The van der Waals surface area contributed by atoms with E-state index in [-0.39, 0.29) is 11.8 Å². The van der Waals surface area contributed by atoms with Gasteiger partial charge < -0.3 is 24.0 Å². The van der Waals surface area contributed by atoms with E-state index in [0.29, 0.717) is 54.8 Å². The zero-order chi connectivity index (χ0) is 24.1. The lowest BCUT2D eigenvalue weighted by atomic mass is 9.77. The highest BCUT2D eigenvalue weighted by atomic mass is 35.5. The molecule has 184 valence electrons. The normalized spacial score (nSPS) is 21.5. The van der Waals surface area contributed by atoms with E-state index in [1.807, 2.05) is 24.0 Å². The maximum Gasteiger partial charge on any atom is 0.276 e. The van der Waals surface area contributed by atoms with Gasteiger partial charge in [0.2, 0.25) is 5.91 Å². The molecular weight excluding hydrogens is 456 g/mol. The van der Waals surface area contributed by atoms with Crippen LogP contribution >= 0.6 is 11.6 Å². The van der Waals surface area contributed by atoms with Crippen molar-refractivity contribution in [1.29, 1.82) is 0 Å². The molecule has 2 aliphatic heterocycles. The fourth-order valence-electron chi connectivity index (χ4n) is 4.72. The summed E-state index contributed by atoms with van der Waals surface area (Å²) in [5.41, 5.74) is -0.178. The molecule has 0 saturated carbocycles. The Balaban J connectivity index is 1.51. The van der Waals surface area contributed by atoms with Crippen LogP contribution in [0.2, 0.25) is 5.02 Å². The van der Waals surface area contributed by atoms with Crippen LogP contribution in [0, 0.1) is 5.41 Å². The average Bonchev–Trinajstić information content (AvgIpc) is 3.32. The number of piperidine rings is 1. The third-order valence-corrected chi connectivity index (χ3v) is 7.03. The zero-order valence-corrected chi connectivity index (χ0v) is 20.7. The maximum absolute atomic E-state index is 13.3. The summed E-state index contributed by atoms with van der Waals surface area (Å²) in [5.74, 6) is 1.29. The van der Waals surface area contributed by atoms with E-state index in [1.165, 1.54) is 0 Å². The van der Waals surface area contributed by atoms with E-state index in [0.717, 1.165) is 39.0 Å². The monoisotopic (exact) mass is 488 g/mol. The number of rotatable bonds is 7. The molecule has 3 heterocycles. The van der Waals surface area contributed by atoms with Crippen molar-refractivity contribution in [3.8, 4) is 5.75 Å². The van der Waals surface area contributed by atoms with Crippen molar-refractivity contribution in [2.75, 3.05) is 52.9 Å². The standard InChI is InChI=1S/C25H33ClN4O4/c1-3-20-15-22(27-34-20)24(32)30-9-5-8-25(17-30,18-33-21-7-4-6-19(26)14-21)16-23(31)29-12-10-28(2)11-13-29/h4,6-7,14-15H,3,5,8-13,16-18H2,1-2H3/t25-/m1/s1. The molecule has 1 aromatic carbocycles. The van der Waals surface area contributed by atoms with Crippen LogP contribution in [0.1, 0.15) is 42.4 Å². The summed E-state index contributed by atoms with van der Waals surface area (Å²) < 4.78 is 11.4. The van der Waals surface area contributed by atoms with Gasteiger partial charge in [-0.3, -0.25) is 9.59 Å². The van der Waals surface area contributed by atoms with Crippen LogP contribution in [0.25, 0.3) is 0 Å². The summed E-state index contributed by atoms with van der Waals surface area (Å²) in [4.78, 5) is 32.5. The number of halogens is 1. The predicted molar refractivity (Wildman–Crippen MR) is 129 cm³/mol. The Morgan fingerprint density at radius 1 is 1.15 bits per heavy atom. The van der Waals surface area contributed by atoms with Crippen LogP contribution in [0.5, 0.6) is 5.75 Å². The summed E-state index contributed by atoms with van der Waals surface area (Å²) in [7, 11) is 2.07. The third kappa shape index (κ3) is 5.91. The SMILES string of the molecule is CCc1cc(C(=O)N2CCC[C@@](COc3cccc(Cl)c3)(CC(=O)N3CCN(C)CC3)C2)no1. The number of hydrogen-bond donors (Lipinski definition) is 0. The molecule has 1 atom stereocenters. The Kier molecular flexibility index (Phi) is 7.78. The van der Waals surface area contributed by atoms with Crippen LogP contribution in [-0.2, 0) is 11.2 Å². The molecule has 34 heavy (non-hydrogen) atoms. The van der Waals surface area contributed by atoms with E-state index in [9.17, 15) is 9.59 Å². The molecule has 4 rings (SSSR count). The topological polar surface area (TPSA) is 79.1 Å². The van der Waals surface area contributed by atoms with Gasteiger partial charge in [0.25, 0.3) is 5.91 Å². The molecule has 9 heteroatoms. The third-order valence-electron chi connectivity index (χ3n) is 6.80. The van der Waals surface area contributed by atoms with Crippen molar-refractivity contribution >= 4 is 23.4 Å². The van der Waals surface area contributed by atoms with E-state index in [1.54, 1.807) is 23.1 Å². The molecule has 0 N–H and O–H groups in total. The number of carbonyl (C=O) groups excluding carboxylic acids is 2. The minimum atomic E-state index is -0.492. The van der Waals surface area contributed by atoms with Gasteiger partial charge in [-0.2, -0.15) is 0 Å². The number of aromatic nitrogens is 1. The summed E-state index contributed by atoms with van der Waals surface area (Å²) in [5, 5.41) is 4.56. The Hall–Kier alpha value is -2.58. The molecule has 2 saturated heterocycles. The molecule has 2 amide bonds. The van der Waals surface area contributed by atoms with E-state index >= 15 is 0 Å². The number of nitrogens with zero attached hydrogens (tertiary/aromatic N) is 4. The van der Waals surface area contributed by atoms with E-state index in [2.05, 4.69) is 17.1 Å². The van der Waals surface area contributed by atoms with E-state index in [4.69, 9.17) is 20.9 Å². The number of benzene rings is 1. The van der Waals surface area contributed by atoms with Crippen molar-refractivity contribution in [1.82, 2.24) is 19.9 Å². The molecule has 0 radical (unpaired) electrons. The predicted octanol–water partition coefficient (Wildman–Crippen LogP) is 3.36. The highest BCUT2D eigenvalue weighted by Gasteiger charge is 2.41. The molecule has 0 aliphatic carbocycles. The smallest absolute Gasteiger partial charge is 0.276 e.